The lowest BCUT2D eigenvalue weighted by Gasteiger charge is -2.28. The Morgan fingerprint density at radius 3 is 2.52 bits per heavy atom. The van der Waals surface area contributed by atoms with Gasteiger partial charge in [0.1, 0.15) is 0 Å². The van der Waals surface area contributed by atoms with Crippen molar-refractivity contribution in [2.24, 2.45) is 0 Å². The molecule has 1 aliphatic heterocycles. The van der Waals surface area contributed by atoms with E-state index in [9.17, 15) is 4.79 Å². The summed E-state index contributed by atoms with van der Waals surface area (Å²) in [4.78, 5) is 13.8. The summed E-state index contributed by atoms with van der Waals surface area (Å²) in [5, 5.41) is 6.02. The van der Waals surface area contributed by atoms with E-state index in [-0.39, 0.29) is 11.9 Å². The van der Waals surface area contributed by atoms with Crippen LogP contribution in [0.3, 0.4) is 0 Å². The minimum atomic E-state index is 0.0370. The number of nitrogens with zero attached hydrogens (tertiary/aromatic N) is 1. The number of ether oxygens (including phenoxy) is 1. The molecule has 0 bridgehead atoms. The van der Waals surface area contributed by atoms with Crippen LogP contribution in [-0.4, -0.2) is 44.8 Å². The van der Waals surface area contributed by atoms with Crippen molar-refractivity contribution < 1.29 is 9.53 Å². The van der Waals surface area contributed by atoms with E-state index in [1.54, 1.807) is 0 Å². The third kappa shape index (κ3) is 5.36. The van der Waals surface area contributed by atoms with Gasteiger partial charge in [-0.25, -0.2) is 0 Å². The molecule has 1 amide bonds. The normalized spacial score (nSPS) is 15.3. The van der Waals surface area contributed by atoms with Crippen LogP contribution >= 0.6 is 0 Å². The molecule has 21 heavy (non-hydrogen) atoms. The molecule has 5 nitrogen and oxygen atoms in total. The molecular formula is C16H25N3O2. The lowest BCUT2D eigenvalue weighted by atomic mass is 10.2. The van der Waals surface area contributed by atoms with Gasteiger partial charge in [0.15, 0.2) is 0 Å². The highest BCUT2D eigenvalue weighted by Crippen LogP contribution is 2.16. The summed E-state index contributed by atoms with van der Waals surface area (Å²) in [5.41, 5.74) is 2.42. The first-order valence-electron chi connectivity index (χ1n) is 7.57. The molecule has 0 atom stereocenters. The summed E-state index contributed by atoms with van der Waals surface area (Å²) < 4.78 is 5.36. The summed E-state index contributed by atoms with van der Waals surface area (Å²) >= 11 is 0. The van der Waals surface area contributed by atoms with Crippen LogP contribution in [0.2, 0.25) is 0 Å². The van der Waals surface area contributed by atoms with E-state index in [1.165, 1.54) is 11.3 Å². The molecule has 0 unspecified atom stereocenters. The number of nitrogens with one attached hydrogen (secondary N) is 2. The van der Waals surface area contributed by atoms with Gasteiger partial charge in [0.25, 0.3) is 0 Å². The smallest absolute Gasteiger partial charge is 0.234 e. The van der Waals surface area contributed by atoms with Gasteiger partial charge < -0.3 is 20.3 Å². The van der Waals surface area contributed by atoms with Crippen molar-refractivity contribution in [3.63, 3.8) is 0 Å². The van der Waals surface area contributed by atoms with Gasteiger partial charge in [0, 0.05) is 31.4 Å². The van der Waals surface area contributed by atoms with Gasteiger partial charge in [-0.2, -0.15) is 0 Å². The van der Waals surface area contributed by atoms with Crippen molar-refractivity contribution in [1.82, 2.24) is 10.6 Å². The van der Waals surface area contributed by atoms with Gasteiger partial charge in [-0.3, -0.25) is 4.79 Å². The molecule has 1 saturated heterocycles. The summed E-state index contributed by atoms with van der Waals surface area (Å²) in [7, 11) is 0. The lowest BCUT2D eigenvalue weighted by molar-refractivity contribution is -0.120. The molecule has 1 heterocycles. The minimum absolute atomic E-state index is 0.0370. The second-order valence-electron chi connectivity index (χ2n) is 5.59. The van der Waals surface area contributed by atoms with E-state index >= 15 is 0 Å². The zero-order valence-corrected chi connectivity index (χ0v) is 12.9. The summed E-state index contributed by atoms with van der Waals surface area (Å²) in [6.07, 6.45) is 0. The highest BCUT2D eigenvalue weighted by molar-refractivity contribution is 5.78. The Hall–Kier alpha value is -1.59. The molecule has 0 aromatic heterocycles. The number of rotatable bonds is 6. The number of anilines is 1. The van der Waals surface area contributed by atoms with Crippen molar-refractivity contribution >= 4 is 11.6 Å². The highest BCUT2D eigenvalue weighted by atomic mass is 16.5. The lowest BCUT2D eigenvalue weighted by Crippen LogP contribution is -2.37. The number of hydrogen-bond donors (Lipinski definition) is 2. The number of hydrogen-bond acceptors (Lipinski definition) is 4. The summed E-state index contributed by atoms with van der Waals surface area (Å²) in [6, 6.07) is 8.68. The molecule has 0 radical (unpaired) electrons. The molecule has 2 rings (SSSR count). The zero-order valence-electron chi connectivity index (χ0n) is 12.9. The molecule has 116 valence electrons. The fourth-order valence-corrected chi connectivity index (χ4v) is 2.34. The topological polar surface area (TPSA) is 53.6 Å². The molecule has 1 aliphatic rings. The average Bonchev–Trinajstić information content (AvgIpc) is 2.48. The number of carbonyl (C=O) groups is 1. The maximum absolute atomic E-state index is 11.5. The molecule has 5 heteroatoms. The predicted molar refractivity (Wildman–Crippen MR) is 84.5 cm³/mol. The first-order valence-corrected chi connectivity index (χ1v) is 7.57. The third-order valence-corrected chi connectivity index (χ3v) is 3.38. The monoisotopic (exact) mass is 291 g/mol. The van der Waals surface area contributed by atoms with E-state index in [0.717, 1.165) is 26.3 Å². The average molecular weight is 291 g/mol. The first-order chi connectivity index (χ1) is 10.1. The second-order valence-corrected chi connectivity index (χ2v) is 5.59. The first kappa shape index (κ1) is 15.8. The highest BCUT2D eigenvalue weighted by Gasteiger charge is 2.10. The van der Waals surface area contributed by atoms with Crippen LogP contribution in [0.15, 0.2) is 24.3 Å². The number of benzene rings is 1. The van der Waals surface area contributed by atoms with Gasteiger partial charge in [-0.15, -0.1) is 0 Å². The van der Waals surface area contributed by atoms with Gasteiger partial charge in [0.05, 0.1) is 19.8 Å². The van der Waals surface area contributed by atoms with Gasteiger partial charge >= 0.3 is 0 Å². The van der Waals surface area contributed by atoms with E-state index in [1.807, 2.05) is 13.8 Å². The van der Waals surface area contributed by atoms with Crippen LogP contribution in [0, 0.1) is 0 Å². The van der Waals surface area contributed by atoms with Gasteiger partial charge in [0.2, 0.25) is 5.91 Å². The third-order valence-electron chi connectivity index (χ3n) is 3.38. The van der Waals surface area contributed by atoms with Crippen LogP contribution in [0.25, 0.3) is 0 Å². The molecule has 1 aromatic rings. The molecule has 0 saturated carbocycles. The largest absolute Gasteiger partial charge is 0.378 e. The molecular weight excluding hydrogens is 266 g/mol. The Morgan fingerprint density at radius 1 is 1.24 bits per heavy atom. The minimum Gasteiger partial charge on any atom is -0.378 e. The predicted octanol–water partition coefficient (Wildman–Crippen LogP) is 1.14. The van der Waals surface area contributed by atoms with E-state index < -0.39 is 0 Å². The fraction of sp³-hybridized carbons (Fsp3) is 0.562. The standard InChI is InChI=1S/C16H25N3O2/c1-13(2)18-16(20)12-17-11-14-3-5-15(6-4-14)19-7-9-21-10-8-19/h3-6,13,17H,7-12H2,1-2H3,(H,18,20). The fourth-order valence-electron chi connectivity index (χ4n) is 2.34. The Bertz CT molecular complexity index is 439. The van der Waals surface area contributed by atoms with Gasteiger partial charge in [-0.05, 0) is 31.5 Å². The molecule has 1 aromatic carbocycles. The van der Waals surface area contributed by atoms with Crippen LogP contribution < -0.4 is 15.5 Å². The maximum atomic E-state index is 11.5. The maximum Gasteiger partial charge on any atom is 0.234 e. The van der Waals surface area contributed by atoms with Crippen molar-refractivity contribution in [3.05, 3.63) is 29.8 Å². The molecule has 2 N–H and O–H groups in total. The molecule has 0 aliphatic carbocycles. The van der Waals surface area contributed by atoms with E-state index in [0.29, 0.717) is 13.1 Å². The number of carbonyl (C=O) groups excluding carboxylic acids is 1. The van der Waals surface area contributed by atoms with E-state index in [2.05, 4.69) is 39.8 Å². The van der Waals surface area contributed by atoms with Crippen molar-refractivity contribution in [2.75, 3.05) is 37.7 Å². The van der Waals surface area contributed by atoms with Crippen molar-refractivity contribution in [3.8, 4) is 0 Å². The Kier molecular flexibility index (Phi) is 6.02. The van der Waals surface area contributed by atoms with Crippen LogP contribution in [0.5, 0.6) is 0 Å². The van der Waals surface area contributed by atoms with Crippen LogP contribution in [0.4, 0.5) is 5.69 Å². The zero-order chi connectivity index (χ0) is 15.1. The SMILES string of the molecule is CC(C)NC(=O)CNCc1ccc(N2CCOCC2)cc1. The number of morpholine rings is 1. The Balaban J connectivity index is 1.75. The second kappa shape index (κ2) is 8.00. The van der Waals surface area contributed by atoms with Crippen LogP contribution in [-0.2, 0) is 16.1 Å². The summed E-state index contributed by atoms with van der Waals surface area (Å²) in [6.45, 7) is 8.48. The Morgan fingerprint density at radius 2 is 1.90 bits per heavy atom. The van der Waals surface area contributed by atoms with Crippen LogP contribution in [0.1, 0.15) is 19.4 Å². The van der Waals surface area contributed by atoms with Crippen molar-refractivity contribution in [2.45, 2.75) is 26.4 Å². The van der Waals surface area contributed by atoms with Gasteiger partial charge in [-0.1, -0.05) is 12.1 Å². The quantitative estimate of drug-likeness (QED) is 0.825. The van der Waals surface area contributed by atoms with Crippen molar-refractivity contribution in [1.29, 1.82) is 0 Å². The summed E-state index contributed by atoms with van der Waals surface area (Å²) in [5.74, 6) is 0.0370. The molecule has 1 fully saturated rings. The molecule has 0 spiro atoms. The Labute approximate surface area is 126 Å². The number of amides is 1. The van der Waals surface area contributed by atoms with E-state index in [4.69, 9.17) is 4.74 Å².